The van der Waals surface area contributed by atoms with Gasteiger partial charge < -0.3 is 9.73 Å². The third kappa shape index (κ3) is 2.36. The number of benzene rings is 1. The summed E-state index contributed by atoms with van der Waals surface area (Å²) in [6.07, 6.45) is 0.449. The molecular weight excluding hydrogens is 246 g/mol. The Hall–Kier alpha value is -2.55. The first-order valence-electron chi connectivity index (χ1n) is 5.87. The number of carbonyl (C=O) groups is 1. The third-order valence-corrected chi connectivity index (χ3v) is 2.94. The van der Waals surface area contributed by atoms with Crippen LogP contribution in [-0.4, -0.2) is 10.5 Å². The molecule has 1 unspecified atom stereocenters. The van der Waals surface area contributed by atoms with E-state index in [1.54, 1.807) is 32.2 Å². The van der Waals surface area contributed by atoms with Gasteiger partial charge in [0.05, 0.1) is 11.6 Å². The summed E-state index contributed by atoms with van der Waals surface area (Å²) in [5.74, 6) is -1.50. The molecule has 0 aliphatic rings. The standard InChI is InChI=1S/C13H13N3O3/c1-3-8(7-14)12(17)15-9-4-5-10-11(6-9)19-13(18)16(10)2/h4-6,8H,3H2,1-2H3,(H,15,17). The van der Waals surface area contributed by atoms with E-state index < -0.39 is 11.7 Å². The average Bonchev–Trinajstić information content (AvgIpc) is 2.66. The molecule has 98 valence electrons. The molecule has 1 N–H and O–H groups in total. The summed E-state index contributed by atoms with van der Waals surface area (Å²) in [4.78, 5) is 23.1. The van der Waals surface area contributed by atoms with E-state index in [1.165, 1.54) is 4.57 Å². The first-order chi connectivity index (χ1) is 9.06. The van der Waals surface area contributed by atoms with Crippen LogP contribution in [0.15, 0.2) is 27.4 Å². The lowest BCUT2D eigenvalue weighted by atomic mass is 10.1. The molecule has 0 fully saturated rings. The van der Waals surface area contributed by atoms with Crippen LogP contribution in [0, 0.1) is 17.2 Å². The molecule has 1 heterocycles. The van der Waals surface area contributed by atoms with Crippen LogP contribution in [0.5, 0.6) is 0 Å². The molecule has 0 saturated heterocycles. The number of rotatable bonds is 3. The number of fused-ring (bicyclic) bond motifs is 1. The highest BCUT2D eigenvalue weighted by atomic mass is 16.4. The van der Waals surface area contributed by atoms with Crippen molar-refractivity contribution in [3.05, 3.63) is 28.7 Å². The number of hydrogen-bond acceptors (Lipinski definition) is 4. The molecule has 0 radical (unpaired) electrons. The predicted octanol–water partition coefficient (Wildman–Crippen LogP) is 1.62. The lowest BCUT2D eigenvalue weighted by Gasteiger charge is -2.07. The maximum atomic E-state index is 11.8. The Bertz CT molecular complexity index is 721. The van der Waals surface area contributed by atoms with Gasteiger partial charge in [0.25, 0.3) is 0 Å². The molecular formula is C13H13N3O3. The van der Waals surface area contributed by atoms with Crippen molar-refractivity contribution in [2.24, 2.45) is 13.0 Å². The van der Waals surface area contributed by atoms with E-state index in [2.05, 4.69) is 5.32 Å². The van der Waals surface area contributed by atoms with Crippen molar-refractivity contribution in [2.75, 3.05) is 5.32 Å². The Balaban J connectivity index is 2.30. The molecule has 2 aromatic rings. The first-order valence-corrected chi connectivity index (χ1v) is 5.87. The van der Waals surface area contributed by atoms with E-state index in [0.29, 0.717) is 23.2 Å². The number of aryl methyl sites for hydroxylation is 1. The third-order valence-electron chi connectivity index (χ3n) is 2.94. The zero-order valence-corrected chi connectivity index (χ0v) is 10.6. The number of nitrogens with one attached hydrogen (secondary N) is 1. The molecule has 0 saturated carbocycles. The van der Waals surface area contributed by atoms with Crippen molar-refractivity contribution in [3.63, 3.8) is 0 Å². The molecule has 1 aromatic heterocycles. The van der Waals surface area contributed by atoms with Gasteiger partial charge in [0.2, 0.25) is 5.91 Å². The molecule has 0 spiro atoms. The molecule has 1 atom stereocenters. The lowest BCUT2D eigenvalue weighted by Crippen LogP contribution is -2.20. The van der Waals surface area contributed by atoms with Crippen LogP contribution in [-0.2, 0) is 11.8 Å². The Kier molecular flexibility index (Phi) is 3.38. The molecule has 0 aliphatic heterocycles. The second kappa shape index (κ2) is 4.98. The normalized spacial score (nSPS) is 12.1. The lowest BCUT2D eigenvalue weighted by molar-refractivity contribution is -0.118. The monoisotopic (exact) mass is 259 g/mol. The second-order valence-electron chi connectivity index (χ2n) is 4.19. The zero-order valence-electron chi connectivity index (χ0n) is 10.6. The summed E-state index contributed by atoms with van der Waals surface area (Å²) in [6.45, 7) is 1.77. The molecule has 2 rings (SSSR count). The number of amides is 1. The van der Waals surface area contributed by atoms with Gasteiger partial charge in [-0.1, -0.05) is 6.92 Å². The zero-order chi connectivity index (χ0) is 14.0. The van der Waals surface area contributed by atoms with Gasteiger partial charge in [-0.3, -0.25) is 9.36 Å². The minimum atomic E-state index is -0.682. The van der Waals surface area contributed by atoms with Crippen LogP contribution >= 0.6 is 0 Å². The van der Waals surface area contributed by atoms with E-state index in [0.717, 1.165) is 0 Å². The molecule has 1 aromatic carbocycles. The van der Waals surface area contributed by atoms with Crippen molar-refractivity contribution in [1.29, 1.82) is 5.26 Å². The van der Waals surface area contributed by atoms with Crippen LogP contribution in [0.4, 0.5) is 5.69 Å². The Morgan fingerprint density at radius 1 is 1.58 bits per heavy atom. The summed E-state index contributed by atoms with van der Waals surface area (Å²) in [6, 6.07) is 6.85. The highest BCUT2D eigenvalue weighted by molar-refractivity contribution is 5.95. The topological polar surface area (TPSA) is 88.0 Å². The fourth-order valence-corrected chi connectivity index (χ4v) is 1.78. The van der Waals surface area contributed by atoms with Crippen molar-refractivity contribution in [2.45, 2.75) is 13.3 Å². The van der Waals surface area contributed by atoms with Crippen LogP contribution in [0.3, 0.4) is 0 Å². The summed E-state index contributed by atoms with van der Waals surface area (Å²) >= 11 is 0. The molecule has 6 nitrogen and oxygen atoms in total. The van der Waals surface area contributed by atoms with Gasteiger partial charge in [0.15, 0.2) is 5.58 Å². The largest absolute Gasteiger partial charge is 0.419 e. The number of carbonyl (C=O) groups excluding carboxylic acids is 1. The van der Waals surface area contributed by atoms with Gasteiger partial charge in [-0.2, -0.15) is 5.26 Å². The van der Waals surface area contributed by atoms with Gasteiger partial charge >= 0.3 is 5.76 Å². The number of nitriles is 1. The van der Waals surface area contributed by atoms with E-state index in [1.807, 2.05) is 6.07 Å². The minimum Gasteiger partial charge on any atom is -0.408 e. The van der Waals surface area contributed by atoms with E-state index in [4.69, 9.17) is 9.68 Å². The van der Waals surface area contributed by atoms with Gasteiger partial charge in [-0.15, -0.1) is 0 Å². The Labute approximate surface area is 109 Å². The van der Waals surface area contributed by atoms with Crippen LogP contribution in [0.1, 0.15) is 13.3 Å². The van der Waals surface area contributed by atoms with Crippen LogP contribution < -0.4 is 11.1 Å². The van der Waals surface area contributed by atoms with Crippen molar-refractivity contribution in [1.82, 2.24) is 4.57 Å². The highest BCUT2D eigenvalue weighted by Crippen LogP contribution is 2.18. The van der Waals surface area contributed by atoms with Crippen LogP contribution in [0.25, 0.3) is 11.1 Å². The fraction of sp³-hybridized carbons (Fsp3) is 0.308. The maximum absolute atomic E-state index is 11.8. The molecule has 0 aliphatic carbocycles. The molecule has 6 heteroatoms. The van der Waals surface area contributed by atoms with Crippen molar-refractivity contribution >= 4 is 22.7 Å². The minimum absolute atomic E-state index is 0.359. The SMILES string of the molecule is CCC(C#N)C(=O)Nc1ccc2c(c1)oc(=O)n2C. The van der Waals surface area contributed by atoms with Gasteiger partial charge in [-0.25, -0.2) is 4.79 Å². The Morgan fingerprint density at radius 3 is 2.95 bits per heavy atom. The predicted molar refractivity (Wildman–Crippen MR) is 69.5 cm³/mol. The van der Waals surface area contributed by atoms with Gasteiger partial charge in [-0.05, 0) is 18.6 Å². The Morgan fingerprint density at radius 2 is 2.32 bits per heavy atom. The maximum Gasteiger partial charge on any atom is 0.419 e. The summed E-state index contributed by atoms with van der Waals surface area (Å²) in [5, 5.41) is 11.4. The van der Waals surface area contributed by atoms with E-state index in [-0.39, 0.29) is 5.91 Å². The first kappa shape index (κ1) is 12.9. The second-order valence-corrected chi connectivity index (χ2v) is 4.19. The van der Waals surface area contributed by atoms with E-state index in [9.17, 15) is 9.59 Å². The summed E-state index contributed by atoms with van der Waals surface area (Å²) < 4.78 is 6.41. The van der Waals surface area contributed by atoms with Crippen molar-refractivity contribution in [3.8, 4) is 6.07 Å². The van der Waals surface area contributed by atoms with Gasteiger partial charge in [0, 0.05) is 18.8 Å². The van der Waals surface area contributed by atoms with Crippen LogP contribution in [0.2, 0.25) is 0 Å². The number of oxazole rings is 1. The summed E-state index contributed by atoms with van der Waals surface area (Å²) in [7, 11) is 1.61. The highest BCUT2D eigenvalue weighted by Gasteiger charge is 2.16. The quantitative estimate of drug-likeness (QED) is 0.907. The van der Waals surface area contributed by atoms with E-state index >= 15 is 0 Å². The fourth-order valence-electron chi connectivity index (χ4n) is 1.78. The molecule has 19 heavy (non-hydrogen) atoms. The molecule has 1 amide bonds. The van der Waals surface area contributed by atoms with Gasteiger partial charge in [0.1, 0.15) is 5.92 Å². The number of aromatic nitrogens is 1. The van der Waals surface area contributed by atoms with Crippen molar-refractivity contribution < 1.29 is 9.21 Å². The average molecular weight is 259 g/mol. The number of nitrogens with zero attached hydrogens (tertiary/aromatic N) is 2. The summed E-state index contributed by atoms with van der Waals surface area (Å²) in [5.41, 5.74) is 1.55. The molecule has 0 bridgehead atoms. The smallest absolute Gasteiger partial charge is 0.408 e. The number of hydrogen-bond donors (Lipinski definition) is 1. The number of anilines is 1.